The van der Waals surface area contributed by atoms with Crippen molar-refractivity contribution in [3.8, 4) is 0 Å². The van der Waals surface area contributed by atoms with E-state index in [1.807, 2.05) is 0 Å². The highest BCUT2D eigenvalue weighted by Gasteiger charge is 2.29. The predicted octanol–water partition coefficient (Wildman–Crippen LogP) is 16.5. The largest absolute Gasteiger partial charge is 0.472 e. The molecule has 0 aliphatic heterocycles. The highest BCUT2D eigenvalue weighted by molar-refractivity contribution is 7.47. The molecule has 0 radical (unpaired) electrons. The van der Waals surface area contributed by atoms with Crippen LogP contribution in [-0.4, -0.2) is 95.9 Å². The molecule has 0 aromatic rings. The molecule has 83 heavy (non-hydrogen) atoms. The molecule has 0 amide bonds. The van der Waals surface area contributed by atoms with Gasteiger partial charge in [0.1, 0.15) is 25.4 Å². The Morgan fingerprint density at radius 3 is 1.07 bits per heavy atom. The van der Waals surface area contributed by atoms with Crippen molar-refractivity contribution in [2.75, 3.05) is 39.6 Å². The molecule has 0 aromatic heterocycles. The maximum Gasteiger partial charge on any atom is 0.472 e. The standard InChI is InChI=1S/C65H110O16P2/c1-4-7-10-13-16-19-22-24-25-26-27-28-29-30-31-32-33-35-38-39-42-45-48-51-63(68)75-54-60(66)55-77-82(71,72)78-56-61(67)57-79-83(73,74)80-59-62(81-65(70)53-50-47-44-41-36-21-18-15-12-9-6-3)58-76-64(69)52-49-46-43-40-37-34-23-20-17-14-11-8-5-2/h7,10-11,14-16,18-20,23-25,27-28,30-31,33,35,60-62,66-67H,4-6,8-9,12-13,17,21-22,26,29,32,34,36-59H2,1-3H3,(H,71,72)(H,73,74)/b10-7-,14-11-,18-15-,19-16-,23-20-,25-24-,28-27-,31-30-,35-33-. The molecule has 0 fully saturated rings. The Hall–Kier alpha value is -3.79. The summed E-state index contributed by atoms with van der Waals surface area (Å²) in [5, 5.41) is 20.5. The van der Waals surface area contributed by atoms with Crippen LogP contribution in [0.4, 0.5) is 0 Å². The van der Waals surface area contributed by atoms with E-state index in [1.54, 1.807) is 0 Å². The zero-order valence-electron chi connectivity index (χ0n) is 51.1. The van der Waals surface area contributed by atoms with Gasteiger partial charge in [-0.15, -0.1) is 0 Å². The Morgan fingerprint density at radius 2 is 0.663 bits per heavy atom. The lowest BCUT2D eigenvalue weighted by Crippen LogP contribution is -2.30. The van der Waals surface area contributed by atoms with Gasteiger partial charge in [0.15, 0.2) is 6.10 Å². The zero-order chi connectivity index (χ0) is 61.0. The third kappa shape index (κ3) is 59.7. The van der Waals surface area contributed by atoms with Gasteiger partial charge >= 0.3 is 33.6 Å². The molecule has 0 saturated heterocycles. The fraction of sp³-hybridized carbons (Fsp3) is 0.677. The molecular weight excluding hydrogens is 1100 g/mol. The minimum Gasteiger partial charge on any atom is -0.463 e. The van der Waals surface area contributed by atoms with E-state index in [-0.39, 0.29) is 19.3 Å². The second kappa shape index (κ2) is 58.6. The second-order valence-electron chi connectivity index (χ2n) is 20.5. The van der Waals surface area contributed by atoms with Gasteiger partial charge in [-0.05, 0) is 116 Å². The number of phosphoric acid groups is 2. The molecule has 4 N–H and O–H groups in total. The first-order chi connectivity index (χ1) is 40.2. The van der Waals surface area contributed by atoms with Gasteiger partial charge in [-0.1, -0.05) is 201 Å². The average Bonchev–Trinajstić information content (AvgIpc) is 3.46. The molecule has 0 bridgehead atoms. The summed E-state index contributed by atoms with van der Waals surface area (Å²) >= 11 is 0. The highest BCUT2D eigenvalue weighted by Crippen LogP contribution is 2.45. The third-order valence-corrected chi connectivity index (χ3v) is 14.3. The van der Waals surface area contributed by atoms with Gasteiger partial charge in [-0.3, -0.25) is 32.5 Å². The minimum atomic E-state index is -4.92. The first kappa shape index (κ1) is 79.2. The molecule has 0 aliphatic carbocycles. The molecule has 0 heterocycles. The molecule has 476 valence electrons. The van der Waals surface area contributed by atoms with Crippen LogP contribution >= 0.6 is 15.6 Å². The van der Waals surface area contributed by atoms with Gasteiger partial charge in [0.25, 0.3) is 0 Å². The van der Waals surface area contributed by atoms with Crippen molar-refractivity contribution in [1.29, 1.82) is 0 Å². The Labute approximate surface area is 500 Å². The van der Waals surface area contributed by atoms with Gasteiger partial charge in [0.05, 0.1) is 26.4 Å². The number of ether oxygens (including phenoxy) is 3. The first-order valence-electron chi connectivity index (χ1n) is 31.2. The van der Waals surface area contributed by atoms with Crippen molar-refractivity contribution in [3.05, 3.63) is 109 Å². The van der Waals surface area contributed by atoms with Gasteiger partial charge in [0.2, 0.25) is 0 Å². The van der Waals surface area contributed by atoms with Crippen LogP contribution in [0.25, 0.3) is 0 Å². The SMILES string of the molecule is CC/C=C\C/C=C\C/C=C\C/C=C\C/C=C\C/C=C\CCCCCCC(=O)OCC(O)COP(=O)(O)OCC(O)COP(=O)(O)OCC(COC(=O)CCCCCCC/C=C\C/C=C\CCC)OC(=O)CCCCCCC/C=C\CCCC. The maximum absolute atomic E-state index is 12.8. The molecule has 0 spiro atoms. The summed E-state index contributed by atoms with van der Waals surface area (Å²) in [5.41, 5.74) is 0. The second-order valence-corrected chi connectivity index (χ2v) is 23.4. The van der Waals surface area contributed by atoms with Crippen LogP contribution in [0.5, 0.6) is 0 Å². The van der Waals surface area contributed by atoms with E-state index >= 15 is 0 Å². The van der Waals surface area contributed by atoms with Crippen molar-refractivity contribution < 1.29 is 75.8 Å². The van der Waals surface area contributed by atoms with Crippen molar-refractivity contribution in [2.24, 2.45) is 0 Å². The van der Waals surface area contributed by atoms with Gasteiger partial charge in [-0.25, -0.2) is 9.13 Å². The number of allylic oxidation sites excluding steroid dienone is 18. The molecule has 0 saturated carbocycles. The van der Waals surface area contributed by atoms with Gasteiger partial charge in [0, 0.05) is 19.3 Å². The molecule has 0 aliphatic rings. The maximum atomic E-state index is 12.8. The van der Waals surface area contributed by atoms with Crippen LogP contribution in [0.2, 0.25) is 0 Å². The lowest BCUT2D eigenvalue weighted by Gasteiger charge is -2.21. The Kier molecular flexibility index (Phi) is 55.9. The summed E-state index contributed by atoms with van der Waals surface area (Å²) in [4.78, 5) is 58.1. The molecule has 5 atom stereocenters. The zero-order valence-corrected chi connectivity index (χ0v) is 52.9. The van der Waals surface area contributed by atoms with Crippen molar-refractivity contribution in [1.82, 2.24) is 0 Å². The smallest absolute Gasteiger partial charge is 0.463 e. The van der Waals surface area contributed by atoms with E-state index in [2.05, 4.69) is 130 Å². The van der Waals surface area contributed by atoms with Crippen molar-refractivity contribution in [3.63, 3.8) is 0 Å². The quantitative estimate of drug-likeness (QED) is 0.0146. The number of rotatable bonds is 58. The highest BCUT2D eigenvalue weighted by atomic mass is 31.2. The summed E-state index contributed by atoms with van der Waals surface area (Å²) in [6, 6.07) is 0. The normalized spacial score (nSPS) is 15.1. The number of hydrogen-bond donors (Lipinski definition) is 4. The van der Waals surface area contributed by atoms with Crippen LogP contribution in [0, 0.1) is 0 Å². The number of aliphatic hydroxyl groups excluding tert-OH is 2. The molecule has 0 rings (SSSR count). The summed E-state index contributed by atoms with van der Waals surface area (Å²) in [6.07, 6.45) is 63.1. The Bertz CT molecular complexity index is 1960. The lowest BCUT2D eigenvalue weighted by molar-refractivity contribution is -0.161. The van der Waals surface area contributed by atoms with E-state index < -0.39 is 91.5 Å². The summed E-state index contributed by atoms with van der Waals surface area (Å²) < 4.78 is 60.6. The molecular formula is C65H110O16P2. The summed E-state index contributed by atoms with van der Waals surface area (Å²) in [5.74, 6) is -1.63. The fourth-order valence-electron chi connectivity index (χ4n) is 7.65. The molecule has 16 nitrogen and oxygen atoms in total. The fourth-order valence-corrected chi connectivity index (χ4v) is 9.23. The van der Waals surface area contributed by atoms with Crippen molar-refractivity contribution in [2.45, 2.75) is 245 Å². The van der Waals surface area contributed by atoms with Crippen LogP contribution in [0.3, 0.4) is 0 Å². The van der Waals surface area contributed by atoms with E-state index in [4.69, 9.17) is 32.3 Å². The first-order valence-corrected chi connectivity index (χ1v) is 34.2. The number of hydrogen-bond acceptors (Lipinski definition) is 14. The van der Waals surface area contributed by atoms with Crippen LogP contribution < -0.4 is 0 Å². The molecule has 18 heteroatoms. The Balaban J connectivity index is 4.58. The summed E-state index contributed by atoms with van der Waals surface area (Å²) in [6.45, 7) is 2.35. The number of carbonyl (C=O) groups excluding carboxylic acids is 3. The lowest BCUT2D eigenvalue weighted by atomic mass is 10.1. The van der Waals surface area contributed by atoms with E-state index in [1.165, 1.54) is 12.8 Å². The summed E-state index contributed by atoms with van der Waals surface area (Å²) in [7, 11) is -9.78. The van der Waals surface area contributed by atoms with Crippen LogP contribution in [0.1, 0.15) is 226 Å². The monoisotopic (exact) mass is 1210 g/mol. The van der Waals surface area contributed by atoms with Crippen LogP contribution in [0.15, 0.2) is 109 Å². The number of aliphatic hydroxyl groups is 2. The number of unbranched alkanes of at least 4 members (excludes halogenated alkanes) is 17. The van der Waals surface area contributed by atoms with Crippen LogP contribution in [-0.2, 0) is 55.8 Å². The number of esters is 3. The van der Waals surface area contributed by atoms with Gasteiger partial charge in [-0.2, -0.15) is 0 Å². The van der Waals surface area contributed by atoms with Gasteiger partial charge < -0.3 is 34.2 Å². The predicted molar refractivity (Wildman–Crippen MR) is 334 cm³/mol. The van der Waals surface area contributed by atoms with E-state index in [0.29, 0.717) is 19.3 Å². The third-order valence-electron chi connectivity index (χ3n) is 12.4. The van der Waals surface area contributed by atoms with E-state index in [0.717, 1.165) is 154 Å². The topological polar surface area (TPSA) is 231 Å². The van der Waals surface area contributed by atoms with Crippen molar-refractivity contribution >= 4 is 33.6 Å². The molecule has 5 unspecified atom stereocenters. The molecule has 0 aromatic carbocycles. The number of carbonyl (C=O) groups is 3. The number of phosphoric ester groups is 2. The average molecular weight is 1210 g/mol. The minimum absolute atomic E-state index is 0.0889. The Morgan fingerprint density at radius 1 is 0.349 bits per heavy atom. The van der Waals surface area contributed by atoms with E-state index in [9.17, 15) is 43.5 Å².